The summed E-state index contributed by atoms with van der Waals surface area (Å²) in [4.78, 5) is 12.7. The van der Waals surface area contributed by atoms with Crippen LogP contribution in [0.5, 0.6) is 0 Å². The van der Waals surface area contributed by atoms with E-state index in [1.807, 2.05) is 30.3 Å². The van der Waals surface area contributed by atoms with Crippen LogP contribution in [0, 0.1) is 5.92 Å². The van der Waals surface area contributed by atoms with E-state index in [9.17, 15) is 4.79 Å². The zero-order chi connectivity index (χ0) is 14.5. The van der Waals surface area contributed by atoms with Gasteiger partial charge in [0.15, 0.2) is 0 Å². The second-order valence-corrected chi connectivity index (χ2v) is 6.18. The zero-order valence-corrected chi connectivity index (χ0v) is 12.7. The Kier molecular flexibility index (Phi) is 5.12. The first kappa shape index (κ1) is 15.0. The first-order valence-electron chi connectivity index (χ1n) is 7.22. The van der Waals surface area contributed by atoms with Crippen molar-refractivity contribution in [3.63, 3.8) is 0 Å². The molecule has 108 valence electrons. The molecule has 0 spiro atoms. The van der Waals surface area contributed by atoms with Crippen molar-refractivity contribution < 1.29 is 4.79 Å². The molecule has 1 aromatic rings. The quantitative estimate of drug-likeness (QED) is 0.838. The maximum atomic E-state index is 12.5. The van der Waals surface area contributed by atoms with Crippen molar-refractivity contribution >= 4 is 23.1 Å². The maximum Gasteiger partial charge on any atom is 0.234 e. The Bertz CT molecular complexity index is 467. The average Bonchev–Trinajstić information content (AvgIpc) is 2.42. The van der Waals surface area contributed by atoms with Crippen LogP contribution in [0.25, 0.3) is 0 Å². The largest absolute Gasteiger partial charge is 0.392 e. The van der Waals surface area contributed by atoms with E-state index in [2.05, 4.69) is 12.2 Å². The number of rotatable bonds is 4. The first-order valence-corrected chi connectivity index (χ1v) is 7.63. The lowest BCUT2D eigenvalue weighted by Crippen LogP contribution is -2.43. The molecule has 3 N–H and O–H groups in total. The molecule has 3 nitrogen and oxygen atoms in total. The summed E-state index contributed by atoms with van der Waals surface area (Å²) >= 11 is 5.08. The molecule has 1 aromatic carbocycles. The molecule has 1 saturated carbocycles. The van der Waals surface area contributed by atoms with Gasteiger partial charge in [0.25, 0.3) is 0 Å². The van der Waals surface area contributed by atoms with Crippen LogP contribution >= 0.6 is 12.2 Å². The third kappa shape index (κ3) is 3.79. The molecule has 4 heteroatoms. The normalized spacial score (nSPS) is 23.9. The van der Waals surface area contributed by atoms with Gasteiger partial charge in [0.05, 0.1) is 4.99 Å². The van der Waals surface area contributed by atoms with Gasteiger partial charge in [0.2, 0.25) is 5.91 Å². The van der Waals surface area contributed by atoms with Gasteiger partial charge in [0.1, 0.15) is 5.92 Å². The van der Waals surface area contributed by atoms with Crippen molar-refractivity contribution in [1.29, 1.82) is 0 Å². The summed E-state index contributed by atoms with van der Waals surface area (Å²) in [5.41, 5.74) is 6.63. The van der Waals surface area contributed by atoms with Crippen LogP contribution in [0.4, 0.5) is 0 Å². The standard InChI is InChI=1S/C16H22N2OS/c1-11-7-9-13(10-8-11)18-16(19)14(15(17)20)12-5-3-2-4-6-12/h2-6,11,13-14H,7-10H2,1H3,(H2,17,20)(H,18,19). The molecule has 0 radical (unpaired) electrons. The van der Waals surface area contributed by atoms with E-state index in [4.69, 9.17) is 18.0 Å². The van der Waals surface area contributed by atoms with E-state index in [0.717, 1.165) is 24.3 Å². The summed E-state index contributed by atoms with van der Waals surface area (Å²) in [6.45, 7) is 2.26. The highest BCUT2D eigenvalue weighted by molar-refractivity contribution is 7.80. The van der Waals surface area contributed by atoms with E-state index < -0.39 is 5.92 Å². The van der Waals surface area contributed by atoms with E-state index in [0.29, 0.717) is 0 Å². The summed E-state index contributed by atoms with van der Waals surface area (Å²) in [6, 6.07) is 9.77. The molecule has 1 unspecified atom stereocenters. The Labute approximate surface area is 125 Å². The van der Waals surface area contributed by atoms with Crippen LogP contribution in [-0.2, 0) is 4.79 Å². The highest BCUT2D eigenvalue weighted by atomic mass is 32.1. The molecule has 0 heterocycles. The van der Waals surface area contributed by atoms with E-state index >= 15 is 0 Å². The van der Waals surface area contributed by atoms with Crippen LogP contribution < -0.4 is 11.1 Å². The van der Waals surface area contributed by atoms with Crippen LogP contribution in [0.1, 0.15) is 44.1 Å². The fourth-order valence-corrected chi connectivity index (χ4v) is 3.02. The van der Waals surface area contributed by atoms with Gasteiger partial charge in [-0.05, 0) is 37.2 Å². The minimum atomic E-state index is -0.523. The predicted molar refractivity (Wildman–Crippen MR) is 85.5 cm³/mol. The smallest absolute Gasteiger partial charge is 0.234 e. The molecule has 20 heavy (non-hydrogen) atoms. The Morgan fingerprint density at radius 1 is 1.25 bits per heavy atom. The third-order valence-electron chi connectivity index (χ3n) is 4.04. The molecule has 2 rings (SSSR count). The van der Waals surface area contributed by atoms with Gasteiger partial charge >= 0.3 is 0 Å². The number of hydrogen-bond donors (Lipinski definition) is 2. The Morgan fingerprint density at radius 3 is 2.40 bits per heavy atom. The lowest BCUT2D eigenvalue weighted by Gasteiger charge is -2.28. The van der Waals surface area contributed by atoms with Gasteiger partial charge in [-0.25, -0.2) is 0 Å². The van der Waals surface area contributed by atoms with E-state index in [1.54, 1.807) is 0 Å². The molecule has 0 bridgehead atoms. The second-order valence-electron chi connectivity index (χ2n) is 5.71. The van der Waals surface area contributed by atoms with Gasteiger partial charge in [-0.1, -0.05) is 49.5 Å². The summed E-state index contributed by atoms with van der Waals surface area (Å²) in [7, 11) is 0. The van der Waals surface area contributed by atoms with E-state index in [-0.39, 0.29) is 16.9 Å². The first-order chi connectivity index (χ1) is 9.58. The number of thiocarbonyl (C=S) groups is 1. The minimum absolute atomic E-state index is 0.0664. The molecule has 1 aliphatic carbocycles. The number of carbonyl (C=O) groups is 1. The zero-order valence-electron chi connectivity index (χ0n) is 11.8. The molecule has 1 amide bonds. The van der Waals surface area contributed by atoms with Crippen molar-refractivity contribution in [2.45, 2.75) is 44.6 Å². The maximum absolute atomic E-state index is 12.5. The van der Waals surface area contributed by atoms with Crippen molar-refractivity contribution in [3.05, 3.63) is 35.9 Å². The number of nitrogens with one attached hydrogen (secondary N) is 1. The SMILES string of the molecule is CC1CCC(NC(=O)C(C(N)=S)c2ccccc2)CC1. The highest BCUT2D eigenvalue weighted by Crippen LogP contribution is 2.24. The van der Waals surface area contributed by atoms with Crippen LogP contribution in [-0.4, -0.2) is 16.9 Å². The van der Waals surface area contributed by atoms with E-state index in [1.165, 1.54) is 12.8 Å². The molecular formula is C16H22N2OS. The Morgan fingerprint density at radius 2 is 1.85 bits per heavy atom. The fourth-order valence-electron chi connectivity index (χ4n) is 2.78. The predicted octanol–water partition coefficient (Wildman–Crippen LogP) is 2.75. The Balaban J connectivity index is 2.03. The molecule has 0 aliphatic heterocycles. The van der Waals surface area contributed by atoms with Gasteiger partial charge in [-0.3, -0.25) is 4.79 Å². The average molecular weight is 290 g/mol. The van der Waals surface area contributed by atoms with Gasteiger partial charge in [0, 0.05) is 6.04 Å². The van der Waals surface area contributed by atoms with Crippen molar-refractivity contribution in [3.8, 4) is 0 Å². The fraction of sp³-hybridized carbons (Fsp3) is 0.500. The number of hydrogen-bond acceptors (Lipinski definition) is 2. The molecule has 0 saturated heterocycles. The lowest BCUT2D eigenvalue weighted by atomic mass is 9.87. The van der Waals surface area contributed by atoms with Gasteiger partial charge in [-0.15, -0.1) is 0 Å². The van der Waals surface area contributed by atoms with Crippen molar-refractivity contribution in [2.24, 2.45) is 11.7 Å². The molecule has 1 aliphatic rings. The Hall–Kier alpha value is -1.42. The summed E-state index contributed by atoms with van der Waals surface area (Å²) in [5, 5.41) is 3.11. The highest BCUT2D eigenvalue weighted by Gasteiger charge is 2.27. The summed E-state index contributed by atoms with van der Waals surface area (Å²) < 4.78 is 0. The molecule has 0 aromatic heterocycles. The van der Waals surface area contributed by atoms with Gasteiger partial charge < -0.3 is 11.1 Å². The van der Waals surface area contributed by atoms with Crippen molar-refractivity contribution in [1.82, 2.24) is 5.32 Å². The third-order valence-corrected chi connectivity index (χ3v) is 4.28. The lowest BCUT2D eigenvalue weighted by molar-refractivity contribution is -0.122. The topological polar surface area (TPSA) is 55.1 Å². The van der Waals surface area contributed by atoms with Crippen LogP contribution in [0.3, 0.4) is 0 Å². The monoisotopic (exact) mass is 290 g/mol. The van der Waals surface area contributed by atoms with Crippen LogP contribution in [0.15, 0.2) is 30.3 Å². The van der Waals surface area contributed by atoms with Crippen LogP contribution in [0.2, 0.25) is 0 Å². The number of amides is 1. The summed E-state index contributed by atoms with van der Waals surface area (Å²) in [6.07, 6.45) is 4.44. The van der Waals surface area contributed by atoms with Gasteiger partial charge in [-0.2, -0.15) is 0 Å². The van der Waals surface area contributed by atoms with Crippen molar-refractivity contribution in [2.75, 3.05) is 0 Å². The number of carbonyl (C=O) groups excluding carboxylic acids is 1. The summed E-state index contributed by atoms with van der Waals surface area (Å²) in [5.74, 6) is 0.178. The molecule has 1 fully saturated rings. The molecular weight excluding hydrogens is 268 g/mol. The second kappa shape index (κ2) is 6.84. The minimum Gasteiger partial charge on any atom is -0.392 e. The number of nitrogens with two attached hydrogens (primary N) is 1. The molecule has 1 atom stereocenters. The number of benzene rings is 1.